The smallest absolute Gasteiger partial charge is 0.260 e. The van der Waals surface area contributed by atoms with Gasteiger partial charge in [0.05, 0.1) is 6.20 Å². The van der Waals surface area contributed by atoms with Crippen LogP contribution in [0.4, 0.5) is 10.9 Å². The van der Waals surface area contributed by atoms with E-state index >= 15 is 0 Å². The predicted molar refractivity (Wildman–Crippen MR) is 77.1 cm³/mol. The maximum Gasteiger partial charge on any atom is 0.260 e. The average molecular weight is 290 g/mol. The molecule has 7 nitrogen and oxygen atoms in total. The summed E-state index contributed by atoms with van der Waals surface area (Å²) in [5.41, 5.74) is 5.25. The molecule has 2 N–H and O–H groups in total. The highest BCUT2D eigenvalue weighted by molar-refractivity contribution is 7.17. The fourth-order valence-electron chi connectivity index (χ4n) is 2.12. The molecule has 1 aliphatic heterocycles. The van der Waals surface area contributed by atoms with Crippen molar-refractivity contribution >= 4 is 28.2 Å². The van der Waals surface area contributed by atoms with Crippen LogP contribution in [0.2, 0.25) is 0 Å². The standard InChI is InChI=1S/C12H14N6OS/c13-11(19)9-7-15-12(20-9)18-5-3-17(4-6-18)10-1-2-14-8-16-10/h1-2,7-8H,3-6H2,(H2,13,19). The van der Waals surface area contributed by atoms with Gasteiger partial charge in [0.2, 0.25) is 0 Å². The minimum Gasteiger partial charge on any atom is -0.365 e. The molecule has 1 amide bonds. The van der Waals surface area contributed by atoms with E-state index in [0.29, 0.717) is 4.88 Å². The van der Waals surface area contributed by atoms with Gasteiger partial charge in [0.25, 0.3) is 5.91 Å². The highest BCUT2D eigenvalue weighted by atomic mass is 32.1. The number of aromatic nitrogens is 3. The Morgan fingerprint density at radius 3 is 2.55 bits per heavy atom. The van der Waals surface area contributed by atoms with Crippen molar-refractivity contribution in [3.05, 3.63) is 29.7 Å². The molecule has 1 fully saturated rings. The van der Waals surface area contributed by atoms with Gasteiger partial charge in [-0.05, 0) is 6.07 Å². The lowest BCUT2D eigenvalue weighted by molar-refractivity contribution is 0.100. The zero-order valence-corrected chi connectivity index (χ0v) is 11.6. The quantitative estimate of drug-likeness (QED) is 0.878. The number of rotatable bonds is 3. The number of anilines is 2. The van der Waals surface area contributed by atoms with Crippen LogP contribution in [0.1, 0.15) is 9.67 Å². The zero-order valence-electron chi connectivity index (χ0n) is 10.8. The number of nitrogens with zero attached hydrogens (tertiary/aromatic N) is 5. The van der Waals surface area contributed by atoms with Crippen molar-refractivity contribution in [2.24, 2.45) is 5.73 Å². The lowest BCUT2D eigenvalue weighted by Gasteiger charge is -2.35. The van der Waals surface area contributed by atoms with E-state index in [1.54, 1.807) is 18.7 Å². The van der Waals surface area contributed by atoms with Crippen molar-refractivity contribution < 1.29 is 4.79 Å². The fourth-order valence-corrected chi connectivity index (χ4v) is 2.94. The molecule has 0 atom stereocenters. The predicted octanol–water partition coefficient (Wildman–Crippen LogP) is 0.359. The molecule has 0 radical (unpaired) electrons. The molecule has 1 aliphatic rings. The molecular weight excluding hydrogens is 276 g/mol. The number of carbonyl (C=O) groups excluding carboxylic acids is 1. The van der Waals surface area contributed by atoms with E-state index in [-0.39, 0.29) is 0 Å². The lowest BCUT2D eigenvalue weighted by atomic mass is 10.3. The first-order valence-electron chi connectivity index (χ1n) is 6.25. The summed E-state index contributed by atoms with van der Waals surface area (Å²) in [4.78, 5) is 28.4. The Morgan fingerprint density at radius 2 is 1.95 bits per heavy atom. The number of hydrogen-bond acceptors (Lipinski definition) is 7. The third kappa shape index (κ3) is 2.55. The Hall–Kier alpha value is -2.22. The highest BCUT2D eigenvalue weighted by Gasteiger charge is 2.20. The van der Waals surface area contributed by atoms with Gasteiger partial charge in [0, 0.05) is 32.4 Å². The van der Waals surface area contributed by atoms with Crippen LogP contribution in [0, 0.1) is 0 Å². The van der Waals surface area contributed by atoms with E-state index in [2.05, 4.69) is 24.8 Å². The second kappa shape index (κ2) is 5.41. The minimum atomic E-state index is -0.423. The van der Waals surface area contributed by atoms with Crippen LogP contribution in [0.25, 0.3) is 0 Å². The largest absolute Gasteiger partial charge is 0.365 e. The Morgan fingerprint density at radius 1 is 1.20 bits per heavy atom. The topological polar surface area (TPSA) is 88.2 Å². The number of hydrogen-bond donors (Lipinski definition) is 1. The van der Waals surface area contributed by atoms with Crippen molar-refractivity contribution in [3.63, 3.8) is 0 Å². The van der Waals surface area contributed by atoms with E-state index in [4.69, 9.17) is 5.73 Å². The van der Waals surface area contributed by atoms with E-state index < -0.39 is 5.91 Å². The molecule has 20 heavy (non-hydrogen) atoms. The number of piperazine rings is 1. The molecule has 2 aromatic rings. The summed E-state index contributed by atoms with van der Waals surface area (Å²) in [7, 11) is 0. The summed E-state index contributed by atoms with van der Waals surface area (Å²) in [5.74, 6) is 0.519. The van der Waals surface area contributed by atoms with Gasteiger partial charge in [0.1, 0.15) is 17.0 Å². The minimum absolute atomic E-state index is 0.423. The normalized spacial score (nSPS) is 15.4. The van der Waals surface area contributed by atoms with Crippen LogP contribution >= 0.6 is 11.3 Å². The third-order valence-electron chi connectivity index (χ3n) is 3.18. The van der Waals surface area contributed by atoms with Gasteiger partial charge in [0.15, 0.2) is 5.13 Å². The average Bonchev–Trinajstić information content (AvgIpc) is 2.98. The number of amides is 1. The van der Waals surface area contributed by atoms with Gasteiger partial charge in [-0.25, -0.2) is 15.0 Å². The summed E-state index contributed by atoms with van der Waals surface area (Å²) in [6.07, 6.45) is 4.84. The van der Waals surface area contributed by atoms with Crippen LogP contribution in [-0.2, 0) is 0 Å². The monoisotopic (exact) mass is 290 g/mol. The summed E-state index contributed by atoms with van der Waals surface area (Å²) < 4.78 is 0. The number of carbonyl (C=O) groups is 1. The SMILES string of the molecule is NC(=O)c1cnc(N2CCN(c3ccncn3)CC2)s1. The maximum absolute atomic E-state index is 11.1. The van der Waals surface area contributed by atoms with Crippen molar-refractivity contribution in [1.29, 1.82) is 0 Å². The molecule has 104 valence electrons. The van der Waals surface area contributed by atoms with Gasteiger partial charge in [-0.15, -0.1) is 0 Å². The van der Waals surface area contributed by atoms with Gasteiger partial charge in [-0.2, -0.15) is 0 Å². The molecule has 8 heteroatoms. The van der Waals surface area contributed by atoms with Crippen LogP contribution in [0.3, 0.4) is 0 Å². The second-order valence-corrected chi connectivity index (χ2v) is 5.42. The van der Waals surface area contributed by atoms with Gasteiger partial charge in [-0.1, -0.05) is 11.3 Å². The molecule has 0 unspecified atom stereocenters. The first-order valence-corrected chi connectivity index (χ1v) is 7.07. The summed E-state index contributed by atoms with van der Waals surface area (Å²) in [6, 6.07) is 1.91. The van der Waals surface area contributed by atoms with E-state index in [1.165, 1.54) is 11.3 Å². The molecule has 2 aromatic heterocycles. The first kappa shape index (κ1) is 12.8. The molecule has 0 aromatic carbocycles. The Bertz CT molecular complexity index is 593. The first-order chi connectivity index (χ1) is 9.74. The van der Waals surface area contributed by atoms with Crippen molar-refractivity contribution in [1.82, 2.24) is 15.0 Å². The summed E-state index contributed by atoms with van der Waals surface area (Å²) in [6.45, 7) is 3.41. The number of thiazole rings is 1. The number of nitrogens with two attached hydrogens (primary N) is 1. The van der Waals surface area contributed by atoms with Gasteiger partial charge < -0.3 is 15.5 Å². The van der Waals surface area contributed by atoms with E-state index in [0.717, 1.165) is 37.1 Å². The Kier molecular flexibility index (Phi) is 3.46. The molecule has 0 saturated carbocycles. The summed E-state index contributed by atoms with van der Waals surface area (Å²) in [5, 5.41) is 0.848. The molecule has 0 aliphatic carbocycles. The van der Waals surface area contributed by atoms with Crippen molar-refractivity contribution in [2.45, 2.75) is 0 Å². The Labute approximate surface area is 120 Å². The highest BCUT2D eigenvalue weighted by Crippen LogP contribution is 2.24. The molecule has 0 bridgehead atoms. The van der Waals surface area contributed by atoms with Crippen LogP contribution in [0.5, 0.6) is 0 Å². The van der Waals surface area contributed by atoms with Gasteiger partial charge >= 0.3 is 0 Å². The van der Waals surface area contributed by atoms with Crippen LogP contribution < -0.4 is 15.5 Å². The van der Waals surface area contributed by atoms with E-state index in [1.807, 2.05) is 6.07 Å². The molecule has 1 saturated heterocycles. The Balaban J connectivity index is 1.65. The third-order valence-corrected chi connectivity index (χ3v) is 4.25. The molecular formula is C12H14N6OS. The van der Waals surface area contributed by atoms with Gasteiger partial charge in [-0.3, -0.25) is 4.79 Å². The summed E-state index contributed by atoms with van der Waals surface area (Å²) >= 11 is 1.34. The second-order valence-electron chi connectivity index (χ2n) is 4.41. The number of primary amides is 1. The lowest BCUT2D eigenvalue weighted by Crippen LogP contribution is -2.46. The van der Waals surface area contributed by atoms with Crippen molar-refractivity contribution in [2.75, 3.05) is 36.0 Å². The maximum atomic E-state index is 11.1. The molecule has 0 spiro atoms. The fraction of sp³-hybridized carbons (Fsp3) is 0.333. The van der Waals surface area contributed by atoms with Crippen LogP contribution in [0.15, 0.2) is 24.8 Å². The molecule has 3 rings (SSSR count). The zero-order chi connectivity index (χ0) is 13.9. The van der Waals surface area contributed by atoms with Crippen molar-refractivity contribution in [3.8, 4) is 0 Å². The van der Waals surface area contributed by atoms with E-state index in [9.17, 15) is 4.79 Å². The van der Waals surface area contributed by atoms with Crippen LogP contribution in [-0.4, -0.2) is 47.0 Å². The molecule has 3 heterocycles.